The molecule has 146 valence electrons. The molecule has 0 unspecified atom stereocenters. The Labute approximate surface area is 158 Å². The van der Waals surface area contributed by atoms with Crippen LogP contribution in [0, 0.1) is 10.1 Å². The maximum atomic E-state index is 12.7. The van der Waals surface area contributed by atoms with E-state index in [1.165, 1.54) is 18.6 Å². The highest BCUT2D eigenvalue weighted by molar-refractivity contribution is 6.00. The lowest BCUT2D eigenvalue weighted by molar-refractivity contribution is -0.384. The van der Waals surface area contributed by atoms with Crippen LogP contribution in [-0.2, 0) is 4.79 Å². The number of amides is 2. The van der Waals surface area contributed by atoms with Gasteiger partial charge in [-0.25, -0.2) is 0 Å². The molecule has 2 saturated heterocycles. The van der Waals surface area contributed by atoms with Crippen molar-refractivity contribution in [1.29, 1.82) is 0 Å². The Morgan fingerprint density at radius 2 is 1.93 bits per heavy atom. The molecule has 27 heavy (non-hydrogen) atoms. The second kappa shape index (κ2) is 8.83. The summed E-state index contributed by atoms with van der Waals surface area (Å²) >= 11 is 0. The smallest absolute Gasteiger partial charge is 0.270 e. The highest BCUT2D eigenvalue weighted by atomic mass is 16.6. The third-order valence-electron chi connectivity index (χ3n) is 5.19. The number of nitro benzene ring substituents is 1. The van der Waals surface area contributed by atoms with Crippen LogP contribution in [0.5, 0.6) is 0 Å². The Balaban J connectivity index is 1.64. The predicted octanol–water partition coefficient (Wildman–Crippen LogP) is 2.33. The Morgan fingerprint density at radius 1 is 1.15 bits per heavy atom. The van der Waals surface area contributed by atoms with E-state index in [4.69, 9.17) is 0 Å². The molecule has 0 bridgehead atoms. The van der Waals surface area contributed by atoms with Gasteiger partial charge in [-0.3, -0.25) is 19.7 Å². The van der Waals surface area contributed by atoms with Crippen LogP contribution in [0.25, 0.3) is 0 Å². The zero-order chi connectivity index (χ0) is 19.2. The second-order valence-electron chi connectivity index (χ2n) is 7.10. The van der Waals surface area contributed by atoms with Crippen LogP contribution < -0.4 is 10.2 Å². The fraction of sp³-hybridized carbons (Fsp3) is 0.579. The molecule has 2 fully saturated rings. The van der Waals surface area contributed by atoms with E-state index in [-0.39, 0.29) is 17.5 Å². The van der Waals surface area contributed by atoms with Crippen molar-refractivity contribution in [2.24, 2.45) is 0 Å². The van der Waals surface area contributed by atoms with Gasteiger partial charge in [-0.2, -0.15) is 0 Å². The minimum absolute atomic E-state index is 0.0800. The van der Waals surface area contributed by atoms with Gasteiger partial charge < -0.3 is 15.1 Å². The molecule has 0 spiro atoms. The van der Waals surface area contributed by atoms with E-state index in [1.807, 2.05) is 4.90 Å². The maximum Gasteiger partial charge on any atom is 0.270 e. The summed E-state index contributed by atoms with van der Waals surface area (Å²) in [4.78, 5) is 38.9. The maximum absolute atomic E-state index is 12.7. The molecule has 0 radical (unpaired) electrons. The van der Waals surface area contributed by atoms with Crippen molar-refractivity contribution in [1.82, 2.24) is 10.2 Å². The summed E-state index contributed by atoms with van der Waals surface area (Å²) in [6.45, 7) is 3.57. The summed E-state index contributed by atoms with van der Waals surface area (Å²) in [7, 11) is 0. The van der Waals surface area contributed by atoms with Crippen LogP contribution in [0.15, 0.2) is 18.2 Å². The van der Waals surface area contributed by atoms with E-state index in [9.17, 15) is 19.7 Å². The number of nitro groups is 1. The monoisotopic (exact) mass is 374 g/mol. The first-order valence-electron chi connectivity index (χ1n) is 9.65. The lowest BCUT2D eigenvalue weighted by Crippen LogP contribution is -2.34. The number of hydrogen-bond donors (Lipinski definition) is 1. The first kappa shape index (κ1) is 19.1. The van der Waals surface area contributed by atoms with Crippen LogP contribution in [0.3, 0.4) is 0 Å². The first-order valence-corrected chi connectivity index (χ1v) is 9.65. The molecule has 2 amide bonds. The summed E-state index contributed by atoms with van der Waals surface area (Å²) in [6.07, 6.45) is 5.47. The van der Waals surface area contributed by atoms with Gasteiger partial charge in [-0.15, -0.1) is 0 Å². The fourth-order valence-electron chi connectivity index (χ4n) is 3.74. The lowest BCUT2D eigenvalue weighted by atomic mass is 10.1. The van der Waals surface area contributed by atoms with Crippen molar-refractivity contribution >= 4 is 23.2 Å². The second-order valence-corrected chi connectivity index (χ2v) is 7.10. The number of nitrogens with one attached hydrogen (secondary N) is 1. The number of anilines is 1. The number of piperidine rings is 1. The average Bonchev–Trinajstić information content (AvgIpc) is 3.10. The molecule has 2 aliphatic rings. The van der Waals surface area contributed by atoms with E-state index in [2.05, 4.69) is 10.2 Å². The van der Waals surface area contributed by atoms with Gasteiger partial charge in [-0.1, -0.05) is 0 Å². The van der Waals surface area contributed by atoms with Gasteiger partial charge in [0.25, 0.3) is 11.6 Å². The predicted molar refractivity (Wildman–Crippen MR) is 102 cm³/mol. The molecule has 0 aromatic heterocycles. The molecular formula is C19H26N4O4. The van der Waals surface area contributed by atoms with Gasteiger partial charge in [0.1, 0.15) is 0 Å². The van der Waals surface area contributed by atoms with E-state index in [0.717, 1.165) is 44.6 Å². The fourth-order valence-corrected chi connectivity index (χ4v) is 3.74. The van der Waals surface area contributed by atoms with Gasteiger partial charge in [-0.05, 0) is 38.2 Å². The van der Waals surface area contributed by atoms with E-state index >= 15 is 0 Å². The summed E-state index contributed by atoms with van der Waals surface area (Å²) in [6, 6.07) is 4.50. The normalized spacial score (nSPS) is 17.3. The van der Waals surface area contributed by atoms with Gasteiger partial charge in [0.2, 0.25) is 5.91 Å². The van der Waals surface area contributed by atoms with Crippen LogP contribution in [0.4, 0.5) is 11.4 Å². The van der Waals surface area contributed by atoms with Crippen molar-refractivity contribution in [3.05, 3.63) is 33.9 Å². The van der Waals surface area contributed by atoms with Gasteiger partial charge in [0.15, 0.2) is 0 Å². The number of carbonyl (C=O) groups excluding carboxylic acids is 2. The number of nitrogens with zero attached hydrogens (tertiary/aromatic N) is 3. The van der Waals surface area contributed by atoms with Crippen molar-refractivity contribution in [2.75, 3.05) is 37.6 Å². The number of benzene rings is 1. The van der Waals surface area contributed by atoms with Gasteiger partial charge in [0.05, 0.1) is 16.2 Å². The Kier molecular flexibility index (Phi) is 6.26. The van der Waals surface area contributed by atoms with E-state index in [0.29, 0.717) is 31.5 Å². The number of rotatable bonds is 7. The van der Waals surface area contributed by atoms with Crippen molar-refractivity contribution in [3.8, 4) is 0 Å². The molecule has 0 atom stereocenters. The number of likely N-dealkylation sites (tertiary alicyclic amines) is 1. The largest absolute Gasteiger partial charge is 0.371 e. The summed E-state index contributed by atoms with van der Waals surface area (Å²) < 4.78 is 0. The third-order valence-corrected chi connectivity index (χ3v) is 5.19. The van der Waals surface area contributed by atoms with Gasteiger partial charge >= 0.3 is 0 Å². The molecule has 8 heteroatoms. The minimum Gasteiger partial charge on any atom is -0.371 e. The lowest BCUT2D eigenvalue weighted by Gasteiger charge is -2.30. The molecule has 1 aromatic rings. The number of non-ortho nitro benzene ring substituents is 1. The average molecular weight is 374 g/mol. The van der Waals surface area contributed by atoms with E-state index in [1.54, 1.807) is 6.07 Å². The summed E-state index contributed by atoms with van der Waals surface area (Å²) in [5.41, 5.74) is 1.03. The Bertz CT molecular complexity index is 716. The summed E-state index contributed by atoms with van der Waals surface area (Å²) in [5.74, 6) is -0.126. The molecule has 1 aromatic carbocycles. The number of carbonyl (C=O) groups is 2. The molecule has 3 rings (SSSR count). The first-order chi connectivity index (χ1) is 13.1. The molecule has 0 aliphatic carbocycles. The summed E-state index contributed by atoms with van der Waals surface area (Å²) in [5, 5.41) is 14.0. The van der Waals surface area contributed by atoms with E-state index < -0.39 is 4.92 Å². The standard InChI is InChI=1S/C19H26N4O4/c24-18-6-4-12-22(18)13-5-9-20-19(25)16-14-15(23(26)27)7-8-17(16)21-10-2-1-3-11-21/h7-8,14H,1-6,9-13H2,(H,20,25). The Hall–Kier alpha value is -2.64. The van der Waals surface area contributed by atoms with Crippen LogP contribution in [0.1, 0.15) is 48.9 Å². The highest BCUT2D eigenvalue weighted by Gasteiger charge is 2.22. The Morgan fingerprint density at radius 3 is 2.59 bits per heavy atom. The molecule has 0 saturated carbocycles. The molecule has 2 aliphatic heterocycles. The van der Waals surface area contributed by atoms with Crippen molar-refractivity contribution < 1.29 is 14.5 Å². The highest BCUT2D eigenvalue weighted by Crippen LogP contribution is 2.28. The van der Waals surface area contributed by atoms with Gasteiger partial charge in [0, 0.05) is 51.3 Å². The quantitative estimate of drug-likeness (QED) is 0.449. The zero-order valence-electron chi connectivity index (χ0n) is 15.5. The zero-order valence-corrected chi connectivity index (χ0v) is 15.5. The SMILES string of the molecule is O=C(NCCCN1CCCC1=O)c1cc([N+](=O)[O-])ccc1N1CCCCC1. The minimum atomic E-state index is -0.476. The van der Waals surface area contributed by atoms with Crippen LogP contribution in [-0.4, -0.2) is 54.4 Å². The van der Waals surface area contributed by atoms with Crippen LogP contribution in [0.2, 0.25) is 0 Å². The topological polar surface area (TPSA) is 95.8 Å². The number of hydrogen-bond acceptors (Lipinski definition) is 5. The molecule has 8 nitrogen and oxygen atoms in total. The third kappa shape index (κ3) is 4.75. The molecule has 1 N–H and O–H groups in total. The van der Waals surface area contributed by atoms with Crippen molar-refractivity contribution in [2.45, 2.75) is 38.5 Å². The molecular weight excluding hydrogens is 348 g/mol. The van der Waals surface area contributed by atoms with Crippen LogP contribution >= 0.6 is 0 Å². The molecule has 2 heterocycles. The van der Waals surface area contributed by atoms with Crippen molar-refractivity contribution in [3.63, 3.8) is 0 Å².